The van der Waals surface area contributed by atoms with Crippen LogP contribution in [0.4, 0.5) is 22.0 Å². The number of rotatable bonds is 3. The number of aromatic nitrogens is 2. The average Bonchev–Trinajstić information content (AvgIpc) is 2.45. The Morgan fingerprint density at radius 1 is 1.09 bits per heavy atom. The zero-order valence-corrected chi connectivity index (χ0v) is 12.6. The second-order valence-corrected chi connectivity index (χ2v) is 5.29. The number of halogens is 7. The highest BCUT2D eigenvalue weighted by Crippen LogP contribution is 2.34. The van der Waals surface area contributed by atoms with E-state index >= 15 is 0 Å². The van der Waals surface area contributed by atoms with Gasteiger partial charge in [0.1, 0.15) is 5.69 Å². The summed E-state index contributed by atoms with van der Waals surface area (Å²) in [5.41, 5.74) is 4.01. The van der Waals surface area contributed by atoms with Gasteiger partial charge >= 0.3 is 6.18 Å². The highest BCUT2D eigenvalue weighted by atomic mass is 35.5. The Morgan fingerprint density at radius 2 is 1.74 bits per heavy atom. The molecule has 0 spiro atoms. The molecule has 1 unspecified atom stereocenters. The fourth-order valence-electron chi connectivity index (χ4n) is 1.80. The minimum atomic E-state index is -4.71. The van der Waals surface area contributed by atoms with E-state index in [9.17, 15) is 22.0 Å². The highest BCUT2D eigenvalue weighted by molar-refractivity contribution is 6.31. The van der Waals surface area contributed by atoms with Gasteiger partial charge < -0.3 is 5.73 Å². The third-order valence-electron chi connectivity index (χ3n) is 2.91. The summed E-state index contributed by atoms with van der Waals surface area (Å²) in [7, 11) is 0. The molecule has 0 aliphatic heterocycles. The molecule has 2 N–H and O–H groups in total. The quantitative estimate of drug-likeness (QED) is 0.789. The lowest BCUT2D eigenvalue weighted by molar-refractivity contribution is -0.141. The second-order valence-electron chi connectivity index (χ2n) is 4.48. The lowest BCUT2D eigenvalue weighted by atomic mass is 10.1. The summed E-state index contributed by atoms with van der Waals surface area (Å²) in [6.07, 6.45) is -6.75. The molecular formula is C13H8Cl2F5N3. The maximum atomic E-state index is 12.8. The van der Waals surface area contributed by atoms with Crippen molar-refractivity contribution in [3.05, 3.63) is 57.1 Å². The predicted molar refractivity (Wildman–Crippen MR) is 74.5 cm³/mol. The Hall–Kier alpha value is -1.51. The summed E-state index contributed by atoms with van der Waals surface area (Å²) < 4.78 is 63.4. The molecule has 0 radical (unpaired) electrons. The van der Waals surface area contributed by atoms with Gasteiger partial charge in [0.25, 0.3) is 6.43 Å². The van der Waals surface area contributed by atoms with Crippen molar-refractivity contribution < 1.29 is 22.0 Å². The summed E-state index contributed by atoms with van der Waals surface area (Å²) in [6.45, 7) is 0. The smallest absolute Gasteiger partial charge is 0.319 e. The molecule has 0 aliphatic carbocycles. The minimum Gasteiger partial charge on any atom is -0.319 e. The molecule has 124 valence electrons. The van der Waals surface area contributed by atoms with Gasteiger partial charge in [0.15, 0.2) is 5.69 Å². The zero-order valence-electron chi connectivity index (χ0n) is 11.1. The van der Waals surface area contributed by atoms with Crippen molar-refractivity contribution in [1.29, 1.82) is 0 Å². The first-order valence-electron chi connectivity index (χ1n) is 6.04. The lowest BCUT2D eigenvalue weighted by Crippen LogP contribution is -2.16. The molecule has 2 aromatic rings. The number of hydrogen-bond acceptors (Lipinski definition) is 3. The van der Waals surface area contributed by atoms with Crippen molar-refractivity contribution in [2.24, 2.45) is 5.73 Å². The first kappa shape index (κ1) is 17.8. The second kappa shape index (κ2) is 6.54. The predicted octanol–water partition coefficient (Wildman–Crippen LogP) is 4.79. The first-order valence-corrected chi connectivity index (χ1v) is 6.79. The SMILES string of the molecule is NC(c1cnc(C(F)(F)F)c(Cl)c1)c1ccc(Cl)c(C(F)F)n1. The van der Waals surface area contributed by atoms with Crippen molar-refractivity contribution in [3.8, 4) is 0 Å². The number of alkyl halides is 5. The van der Waals surface area contributed by atoms with Crippen LogP contribution in [0.2, 0.25) is 10.0 Å². The van der Waals surface area contributed by atoms with Gasteiger partial charge in [-0.2, -0.15) is 13.2 Å². The standard InChI is InChI=1S/C13H8Cl2F5N3/c14-6-1-2-8(23-10(6)12(16)17)9(21)5-3-7(15)11(22-4-5)13(18,19)20/h1-4,9,12H,21H2. The van der Waals surface area contributed by atoms with Crippen LogP contribution < -0.4 is 5.73 Å². The fourth-order valence-corrected chi connectivity index (χ4v) is 2.27. The first-order chi connectivity index (χ1) is 10.6. The molecule has 0 amide bonds. The van der Waals surface area contributed by atoms with E-state index < -0.39 is 35.1 Å². The number of pyridine rings is 2. The molecule has 3 nitrogen and oxygen atoms in total. The zero-order chi connectivity index (χ0) is 17.4. The monoisotopic (exact) mass is 371 g/mol. The lowest BCUT2D eigenvalue weighted by Gasteiger charge is -2.15. The van der Waals surface area contributed by atoms with Gasteiger partial charge in [-0.05, 0) is 23.8 Å². The molecule has 0 fully saturated rings. The Labute approximate surface area is 137 Å². The van der Waals surface area contributed by atoms with Gasteiger partial charge in [-0.25, -0.2) is 18.7 Å². The topological polar surface area (TPSA) is 51.8 Å². The Bertz CT molecular complexity index is 721. The third kappa shape index (κ3) is 3.88. The molecule has 0 aromatic carbocycles. The van der Waals surface area contributed by atoms with Crippen LogP contribution in [0.1, 0.15) is 35.1 Å². The summed E-state index contributed by atoms with van der Waals surface area (Å²) in [6, 6.07) is 2.37. The fraction of sp³-hybridized carbons (Fsp3) is 0.231. The van der Waals surface area contributed by atoms with Crippen LogP contribution in [-0.4, -0.2) is 9.97 Å². The highest BCUT2D eigenvalue weighted by Gasteiger charge is 2.35. The summed E-state index contributed by atoms with van der Waals surface area (Å²) in [5, 5.41) is -0.881. The van der Waals surface area contributed by atoms with Crippen molar-refractivity contribution in [2.45, 2.75) is 18.6 Å². The number of nitrogens with zero attached hydrogens (tertiary/aromatic N) is 2. The van der Waals surface area contributed by atoms with Crippen LogP contribution in [0.3, 0.4) is 0 Å². The Balaban J connectivity index is 2.40. The van der Waals surface area contributed by atoms with E-state index in [4.69, 9.17) is 28.9 Å². The molecule has 0 aliphatic rings. The van der Waals surface area contributed by atoms with Crippen LogP contribution in [-0.2, 0) is 6.18 Å². The van der Waals surface area contributed by atoms with E-state index in [0.29, 0.717) is 0 Å². The normalized spacial score (nSPS) is 13.4. The molecule has 2 aromatic heterocycles. The van der Waals surface area contributed by atoms with E-state index in [1.807, 2.05) is 0 Å². The van der Waals surface area contributed by atoms with Crippen molar-refractivity contribution in [3.63, 3.8) is 0 Å². The van der Waals surface area contributed by atoms with Crippen molar-refractivity contribution in [1.82, 2.24) is 9.97 Å². The molecule has 10 heteroatoms. The van der Waals surface area contributed by atoms with Gasteiger partial charge in [0.05, 0.1) is 21.8 Å². The van der Waals surface area contributed by atoms with Crippen LogP contribution >= 0.6 is 23.2 Å². The van der Waals surface area contributed by atoms with Gasteiger partial charge in [0, 0.05) is 6.20 Å². The third-order valence-corrected chi connectivity index (χ3v) is 3.52. The molecule has 0 bridgehead atoms. The molecule has 0 saturated carbocycles. The van der Waals surface area contributed by atoms with Gasteiger partial charge in [-0.15, -0.1) is 0 Å². The van der Waals surface area contributed by atoms with E-state index in [1.165, 1.54) is 12.1 Å². The average molecular weight is 372 g/mol. The van der Waals surface area contributed by atoms with Crippen LogP contribution in [0.15, 0.2) is 24.4 Å². The molecule has 0 saturated heterocycles. The van der Waals surface area contributed by atoms with E-state index in [1.54, 1.807) is 0 Å². The summed E-state index contributed by atoms with van der Waals surface area (Å²) in [5.74, 6) is 0. The van der Waals surface area contributed by atoms with Gasteiger partial charge in [-0.3, -0.25) is 0 Å². The van der Waals surface area contributed by atoms with Gasteiger partial charge in [-0.1, -0.05) is 23.2 Å². The molecule has 23 heavy (non-hydrogen) atoms. The number of nitrogens with two attached hydrogens (primary N) is 1. The van der Waals surface area contributed by atoms with Crippen LogP contribution in [0, 0.1) is 0 Å². The van der Waals surface area contributed by atoms with E-state index in [2.05, 4.69) is 9.97 Å². The maximum absolute atomic E-state index is 12.8. The van der Waals surface area contributed by atoms with E-state index in [0.717, 1.165) is 12.3 Å². The molecular weight excluding hydrogens is 364 g/mol. The molecule has 1 atom stereocenters. The Kier molecular flexibility index (Phi) is 5.07. The van der Waals surface area contributed by atoms with Crippen molar-refractivity contribution >= 4 is 23.2 Å². The van der Waals surface area contributed by atoms with Gasteiger partial charge in [0.2, 0.25) is 0 Å². The maximum Gasteiger partial charge on any atom is 0.434 e. The van der Waals surface area contributed by atoms with Crippen molar-refractivity contribution in [2.75, 3.05) is 0 Å². The van der Waals surface area contributed by atoms with E-state index in [-0.39, 0.29) is 16.3 Å². The van der Waals surface area contributed by atoms with Crippen LogP contribution in [0.5, 0.6) is 0 Å². The van der Waals surface area contributed by atoms with Crippen LogP contribution in [0.25, 0.3) is 0 Å². The minimum absolute atomic E-state index is 0.00215. The Morgan fingerprint density at radius 3 is 2.26 bits per heavy atom. The molecule has 2 rings (SSSR count). The molecule has 2 heterocycles. The largest absolute Gasteiger partial charge is 0.434 e. The summed E-state index contributed by atoms with van der Waals surface area (Å²) >= 11 is 11.1. The summed E-state index contributed by atoms with van der Waals surface area (Å²) in [4.78, 5) is 6.88. The number of hydrogen-bond donors (Lipinski definition) is 1.